The van der Waals surface area contributed by atoms with Gasteiger partial charge in [-0.05, 0) is 285 Å². The molecule has 0 N–H and O–H groups in total. The molecule has 0 heterocycles. The van der Waals surface area contributed by atoms with Gasteiger partial charge >= 0.3 is 0 Å². The van der Waals surface area contributed by atoms with E-state index in [-0.39, 0.29) is 0 Å². The molecule has 0 aliphatic heterocycles. The van der Waals surface area contributed by atoms with Crippen molar-refractivity contribution >= 4 is 97.0 Å². The summed E-state index contributed by atoms with van der Waals surface area (Å²) in [6, 6.07) is 151. The average molecular weight is 1360 g/mol. The predicted octanol–water partition coefficient (Wildman–Crippen LogP) is 30.4. The van der Waals surface area contributed by atoms with Gasteiger partial charge in [0.1, 0.15) is 0 Å². The zero-order valence-corrected chi connectivity index (χ0v) is 59.1. The van der Waals surface area contributed by atoms with Gasteiger partial charge in [0, 0.05) is 0 Å². The van der Waals surface area contributed by atoms with Gasteiger partial charge in [-0.2, -0.15) is 0 Å². The first kappa shape index (κ1) is 61.4. The van der Waals surface area contributed by atoms with E-state index in [2.05, 4.69) is 400 Å². The molecule has 0 saturated heterocycles. The highest BCUT2D eigenvalue weighted by molar-refractivity contribution is 6.36. The molecule has 108 heavy (non-hydrogen) atoms. The molecule has 0 atom stereocenters. The van der Waals surface area contributed by atoms with Crippen molar-refractivity contribution in [2.24, 2.45) is 0 Å². The molecule has 22 aromatic rings. The first-order valence-corrected chi connectivity index (χ1v) is 37.6. The second-order valence-electron chi connectivity index (χ2n) is 29.1. The Morgan fingerprint density at radius 1 is 0.0833 bits per heavy atom. The highest BCUT2D eigenvalue weighted by atomic mass is 14.3. The van der Waals surface area contributed by atoms with Crippen LogP contribution < -0.4 is 0 Å². The minimum absolute atomic E-state index is 1.14. The van der Waals surface area contributed by atoms with Crippen molar-refractivity contribution in [1.29, 1.82) is 0 Å². The summed E-state index contributed by atoms with van der Waals surface area (Å²) in [6.07, 6.45) is 0. The molecule has 22 rings (SSSR count). The van der Waals surface area contributed by atoms with Crippen LogP contribution in [0.4, 0.5) is 0 Å². The zero-order chi connectivity index (χ0) is 70.9. The molecule has 0 aliphatic rings. The number of benzene rings is 22. The highest BCUT2D eigenvalue weighted by Crippen LogP contribution is 2.55. The largest absolute Gasteiger partial charge is 0.0622 e. The minimum atomic E-state index is 1.14. The molecule has 0 amide bonds. The van der Waals surface area contributed by atoms with Crippen LogP contribution in [0.3, 0.4) is 0 Å². The minimum Gasteiger partial charge on any atom is -0.0622 e. The fourth-order valence-electron chi connectivity index (χ4n) is 18.5. The van der Waals surface area contributed by atoms with Gasteiger partial charge < -0.3 is 0 Å². The van der Waals surface area contributed by atoms with Gasteiger partial charge in [0.2, 0.25) is 0 Å². The summed E-state index contributed by atoms with van der Waals surface area (Å²) in [7, 11) is 0. The van der Waals surface area contributed by atoms with Crippen molar-refractivity contribution in [3.63, 3.8) is 0 Å². The van der Waals surface area contributed by atoms with Crippen LogP contribution in [0.2, 0.25) is 0 Å². The maximum atomic E-state index is 2.57. The van der Waals surface area contributed by atoms with Crippen LogP contribution >= 0.6 is 0 Å². The Hall–Kier alpha value is -14.0. The van der Waals surface area contributed by atoms with E-state index < -0.39 is 0 Å². The van der Waals surface area contributed by atoms with Crippen molar-refractivity contribution in [1.82, 2.24) is 0 Å². The average Bonchev–Trinajstić information content (AvgIpc) is 0.712. The van der Waals surface area contributed by atoms with Crippen LogP contribution in [-0.2, 0) is 0 Å². The van der Waals surface area contributed by atoms with Gasteiger partial charge in [-0.25, -0.2) is 0 Å². The molecular weight excluding hydrogens is 1300 g/mol. The first-order valence-electron chi connectivity index (χ1n) is 37.6. The lowest BCUT2D eigenvalue weighted by Crippen LogP contribution is -1.97. The van der Waals surface area contributed by atoms with Crippen LogP contribution in [0.1, 0.15) is 0 Å². The standard InChI is InChI=1S/C108H66/c1-10-28-67(29-11-1)79-46-47-88-101(66-102-98(75-44-26-9-27-45-75)63-95(72-38-20-6-21-39-72)87-49-48-80(79)103(88)108(87)102)78-59-76(99-64-96(73-40-22-7-23-41-73)85-52-50-81-91(68-30-12-2-13-31-68)61-93(70-34-16-4-17-35-70)83-54-56-89(99)106(85)104(81)83)58-77(60-78)100-65-97(74-42-24-8-25-43-74)86-53-51-82-92(69-32-14-3-15-33-69)62-94(71-36-18-5-19-37-71)84-55-57-90(100)107(86)105(82)84/h1-66H. The molecule has 0 spiro atoms. The van der Waals surface area contributed by atoms with Crippen LogP contribution in [0.25, 0.3) is 230 Å². The Bertz CT molecular complexity index is 6820. The lowest BCUT2D eigenvalue weighted by Gasteiger charge is -2.24. The molecule has 498 valence electrons. The van der Waals surface area contributed by atoms with Gasteiger partial charge in [-0.3, -0.25) is 0 Å². The lowest BCUT2D eigenvalue weighted by atomic mass is 9.79. The lowest BCUT2D eigenvalue weighted by molar-refractivity contribution is 1.60. The normalized spacial score (nSPS) is 11.9. The smallest absolute Gasteiger partial charge is 0.00137 e. The predicted molar refractivity (Wildman–Crippen MR) is 463 cm³/mol. The van der Waals surface area contributed by atoms with Crippen molar-refractivity contribution in [2.75, 3.05) is 0 Å². The molecule has 0 unspecified atom stereocenters. The van der Waals surface area contributed by atoms with Gasteiger partial charge in [-0.15, -0.1) is 0 Å². The molecule has 0 fully saturated rings. The SMILES string of the molecule is c1ccc(-c2cc(-c3ccccc3)c3ccc4c(-c5cc(-c6cc(-c7ccccc7)c7ccc8c(-c9ccccc9)cc(-c9ccccc9)c9ccc6c7c89)cc(-c6cc7c(-c8ccccc8)cc(-c8ccccc8)c8ccc9c(-c%10ccccc%10)ccc6c9c87)c5)cc(-c5ccccc5)c5ccc2c3c54)cc1. The Morgan fingerprint density at radius 2 is 0.222 bits per heavy atom. The van der Waals surface area contributed by atoms with Crippen LogP contribution in [-0.4, -0.2) is 0 Å². The van der Waals surface area contributed by atoms with E-state index in [9.17, 15) is 0 Å². The van der Waals surface area contributed by atoms with Gasteiger partial charge in [-0.1, -0.05) is 346 Å². The summed E-state index contributed by atoms with van der Waals surface area (Å²) in [5.74, 6) is 0. The Kier molecular flexibility index (Phi) is 14.1. The van der Waals surface area contributed by atoms with Crippen LogP contribution in [0.5, 0.6) is 0 Å². The second-order valence-corrected chi connectivity index (χ2v) is 29.1. The Morgan fingerprint density at radius 3 is 0.426 bits per heavy atom. The monoisotopic (exact) mass is 1360 g/mol. The topological polar surface area (TPSA) is 0 Å². The fraction of sp³-hybridized carbons (Fsp3) is 0. The molecule has 0 saturated carbocycles. The third-order valence-electron chi connectivity index (χ3n) is 23.3. The van der Waals surface area contributed by atoms with Crippen molar-refractivity contribution in [3.05, 3.63) is 400 Å². The molecular formula is C108H66. The zero-order valence-electron chi connectivity index (χ0n) is 59.1. The van der Waals surface area contributed by atoms with Crippen LogP contribution in [0.15, 0.2) is 400 Å². The van der Waals surface area contributed by atoms with Gasteiger partial charge in [0.25, 0.3) is 0 Å². The Labute approximate surface area is 626 Å². The van der Waals surface area contributed by atoms with Gasteiger partial charge in [0.15, 0.2) is 0 Å². The number of hydrogen-bond donors (Lipinski definition) is 0. The highest BCUT2D eigenvalue weighted by Gasteiger charge is 2.28. The Balaban J connectivity index is 0.914. The first-order chi connectivity index (χ1) is 53.6. The van der Waals surface area contributed by atoms with E-state index in [0.717, 1.165) is 16.7 Å². The molecule has 22 aromatic carbocycles. The quantitative estimate of drug-likeness (QED) is 0.107. The van der Waals surface area contributed by atoms with Crippen molar-refractivity contribution < 1.29 is 0 Å². The fourth-order valence-corrected chi connectivity index (χ4v) is 18.5. The van der Waals surface area contributed by atoms with Crippen LogP contribution in [0, 0.1) is 0 Å². The summed E-state index contributed by atoms with van der Waals surface area (Å²) in [4.78, 5) is 0. The molecule has 0 heteroatoms. The van der Waals surface area contributed by atoms with Crippen molar-refractivity contribution in [2.45, 2.75) is 0 Å². The summed E-state index contributed by atoms with van der Waals surface area (Å²) in [5.41, 5.74) is 28.5. The molecule has 0 aromatic heterocycles. The third-order valence-corrected chi connectivity index (χ3v) is 23.3. The number of hydrogen-bond acceptors (Lipinski definition) is 0. The summed E-state index contributed by atoms with van der Waals surface area (Å²) >= 11 is 0. The van der Waals surface area contributed by atoms with E-state index in [4.69, 9.17) is 0 Å². The third kappa shape index (κ3) is 9.71. The van der Waals surface area contributed by atoms with E-state index in [0.29, 0.717) is 0 Å². The van der Waals surface area contributed by atoms with Gasteiger partial charge in [0.05, 0.1) is 0 Å². The molecule has 0 aliphatic carbocycles. The van der Waals surface area contributed by atoms with Crippen molar-refractivity contribution in [3.8, 4) is 134 Å². The molecule has 0 bridgehead atoms. The summed E-state index contributed by atoms with van der Waals surface area (Å²) < 4.78 is 0. The second kappa shape index (κ2) is 24.8. The summed E-state index contributed by atoms with van der Waals surface area (Å²) in [6.45, 7) is 0. The molecule has 0 radical (unpaired) electrons. The number of rotatable bonds is 12. The maximum absolute atomic E-state index is 2.57. The molecule has 0 nitrogen and oxygen atoms in total. The van der Waals surface area contributed by atoms with E-state index in [1.165, 1.54) is 214 Å². The maximum Gasteiger partial charge on any atom is -0.00137 e. The van der Waals surface area contributed by atoms with E-state index in [1.807, 2.05) is 0 Å². The van der Waals surface area contributed by atoms with E-state index in [1.54, 1.807) is 0 Å². The van der Waals surface area contributed by atoms with E-state index >= 15 is 0 Å². The summed E-state index contributed by atoms with van der Waals surface area (Å²) in [5, 5.41) is 22.3.